The molecule has 15 nitrogen and oxygen atoms in total. The van der Waals surface area contributed by atoms with Crippen LogP contribution in [0.3, 0.4) is 0 Å². The summed E-state index contributed by atoms with van der Waals surface area (Å²) in [5.41, 5.74) is -0.421. The Kier molecular flexibility index (Phi) is 11.5. The molecule has 0 aliphatic heterocycles. The Morgan fingerprint density at radius 3 is 1.30 bits per heavy atom. The van der Waals surface area contributed by atoms with E-state index in [0.29, 0.717) is 0 Å². The number of aromatic nitrogens is 4. The molecule has 2 N–H and O–H groups in total. The van der Waals surface area contributed by atoms with Crippen LogP contribution in [-0.2, 0) is 0 Å². The molecule has 0 radical (unpaired) electrons. The molecule has 0 spiro atoms. The van der Waals surface area contributed by atoms with E-state index in [2.05, 4.69) is 19.9 Å². The molecule has 0 fully saturated rings. The Labute approximate surface area is 259 Å². The number of carboxylic acid groups (broad SMARTS) is 2. The summed E-state index contributed by atoms with van der Waals surface area (Å²) in [5.74, 6) is -1.90. The van der Waals surface area contributed by atoms with E-state index < -0.39 is 11.9 Å². The summed E-state index contributed by atoms with van der Waals surface area (Å²) in [7, 11) is 6.97. The fraction of sp³-hybridized carbons (Fsp3) is 0.185. The fourth-order valence-electron chi connectivity index (χ4n) is 3.30. The summed E-state index contributed by atoms with van der Waals surface area (Å²) in [4.78, 5) is 38.8. The smallest absolute Gasteiger partial charge is 0.343 e. The lowest BCUT2D eigenvalue weighted by Crippen LogP contribution is -2.06. The van der Waals surface area contributed by atoms with Gasteiger partial charge in [-0.3, -0.25) is 0 Å². The Bertz CT molecular complexity index is 1540. The summed E-state index contributed by atoms with van der Waals surface area (Å²) in [6.45, 7) is 0. The van der Waals surface area contributed by atoms with Gasteiger partial charge in [0.05, 0.1) is 57.7 Å². The highest BCUT2D eigenvalue weighted by atomic mass is 35.5. The lowest BCUT2D eigenvalue weighted by Gasteiger charge is -2.13. The Hall–Kier alpha value is -5.28. The molecule has 232 valence electrons. The first-order chi connectivity index (χ1) is 21.0. The van der Waals surface area contributed by atoms with Gasteiger partial charge in [0.15, 0.2) is 5.75 Å². The SMILES string of the molecule is COc1c(Cl)ccc(Cl)c1C(=O)O.COc1cc(OC)nc(Oc2cccc(Oc3nc(OC)cc(OC)n3)c2C(=O)O)n1. The van der Waals surface area contributed by atoms with Gasteiger partial charge in [0, 0.05) is 0 Å². The Morgan fingerprint density at radius 1 is 0.591 bits per heavy atom. The first-order valence-corrected chi connectivity index (χ1v) is 12.7. The fourth-order valence-corrected chi connectivity index (χ4v) is 3.76. The van der Waals surface area contributed by atoms with E-state index in [1.807, 2.05) is 0 Å². The molecule has 2 aromatic heterocycles. The van der Waals surface area contributed by atoms with E-state index in [4.69, 9.17) is 61.5 Å². The van der Waals surface area contributed by atoms with Crippen LogP contribution in [0.15, 0.2) is 42.5 Å². The number of carbonyl (C=O) groups is 2. The molecule has 0 amide bonds. The van der Waals surface area contributed by atoms with Gasteiger partial charge >= 0.3 is 24.0 Å². The number of rotatable bonds is 11. The van der Waals surface area contributed by atoms with Gasteiger partial charge in [0.1, 0.15) is 22.6 Å². The minimum Gasteiger partial charge on any atom is -0.494 e. The van der Waals surface area contributed by atoms with Crippen LogP contribution in [0.25, 0.3) is 0 Å². The average Bonchev–Trinajstić information content (AvgIpc) is 3.01. The monoisotopic (exact) mass is 650 g/mol. The zero-order valence-corrected chi connectivity index (χ0v) is 25.2. The molecule has 0 aliphatic rings. The minimum absolute atomic E-state index is 0.0849. The van der Waals surface area contributed by atoms with Crippen LogP contribution in [0.4, 0.5) is 0 Å². The van der Waals surface area contributed by atoms with Crippen molar-refractivity contribution in [2.75, 3.05) is 35.5 Å². The van der Waals surface area contributed by atoms with Crippen molar-refractivity contribution in [3.63, 3.8) is 0 Å². The van der Waals surface area contributed by atoms with E-state index in [0.717, 1.165) is 0 Å². The van der Waals surface area contributed by atoms with Crippen molar-refractivity contribution < 1.29 is 53.0 Å². The standard InChI is InChI=1S/C19H18N4O8.C8H6Cl2O3/c1-26-12-8-13(27-2)21-18(20-12)30-10-6-5-7-11(16(10)17(24)25)31-19-22-14(28-3)9-15(23-19)29-4;1-13-7-5(10)3-2-4(9)6(7)8(11)12/h5-9H,1-4H3,(H,24,25);2-3H,1H3,(H,11,12). The molecule has 4 aromatic rings. The minimum atomic E-state index is -1.32. The van der Waals surface area contributed by atoms with Gasteiger partial charge in [-0.15, -0.1) is 0 Å². The first-order valence-electron chi connectivity index (χ1n) is 12.0. The van der Waals surface area contributed by atoms with Crippen LogP contribution in [0.5, 0.6) is 52.8 Å². The summed E-state index contributed by atoms with van der Waals surface area (Å²) >= 11 is 11.4. The van der Waals surface area contributed by atoms with Crippen LogP contribution < -0.4 is 33.2 Å². The second-order valence-electron chi connectivity index (χ2n) is 7.85. The Morgan fingerprint density at radius 2 is 0.977 bits per heavy atom. The number of aromatic carboxylic acids is 2. The number of ether oxygens (including phenoxy) is 7. The van der Waals surface area contributed by atoms with Crippen LogP contribution in [-0.4, -0.2) is 77.6 Å². The van der Waals surface area contributed by atoms with Crippen molar-refractivity contribution in [3.8, 4) is 52.8 Å². The predicted molar refractivity (Wildman–Crippen MR) is 154 cm³/mol. The van der Waals surface area contributed by atoms with Crippen molar-refractivity contribution in [3.05, 3.63) is 63.6 Å². The van der Waals surface area contributed by atoms with E-state index in [9.17, 15) is 14.7 Å². The highest BCUT2D eigenvalue weighted by Gasteiger charge is 2.22. The van der Waals surface area contributed by atoms with E-state index in [1.54, 1.807) is 0 Å². The van der Waals surface area contributed by atoms with Crippen LogP contribution >= 0.6 is 23.2 Å². The van der Waals surface area contributed by atoms with Gasteiger partial charge in [0.25, 0.3) is 0 Å². The largest absolute Gasteiger partial charge is 0.494 e. The van der Waals surface area contributed by atoms with E-state index in [1.165, 1.54) is 78.0 Å². The van der Waals surface area contributed by atoms with Crippen LogP contribution in [0, 0.1) is 0 Å². The van der Waals surface area contributed by atoms with Gasteiger partial charge in [-0.05, 0) is 24.3 Å². The second kappa shape index (κ2) is 15.3. The maximum Gasteiger partial charge on any atom is 0.343 e. The lowest BCUT2D eigenvalue weighted by molar-refractivity contribution is 0.0680. The van der Waals surface area contributed by atoms with Gasteiger partial charge in [0.2, 0.25) is 23.5 Å². The topological polar surface area (TPSA) is 191 Å². The Balaban J connectivity index is 0.000000340. The summed E-state index contributed by atoms with van der Waals surface area (Å²) in [6.07, 6.45) is 0. The normalized spacial score (nSPS) is 10.1. The molecule has 0 saturated heterocycles. The van der Waals surface area contributed by atoms with Gasteiger partial charge < -0.3 is 43.4 Å². The number of halogens is 2. The number of carboxylic acids is 2. The lowest BCUT2D eigenvalue weighted by atomic mass is 10.2. The molecule has 0 unspecified atom stereocenters. The molecule has 2 aromatic carbocycles. The van der Waals surface area contributed by atoms with Crippen molar-refractivity contribution in [1.29, 1.82) is 0 Å². The molecule has 0 saturated carbocycles. The van der Waals surface area contributed by atoms with Crippen molar-refractivity contribution in [2.45, 2.75) is 0 Å². The maximum atomic E-state index is 12.0. The molecule has 0 atom stereocenters. The quantitative estimate of drug-likeness (QED) is 0.213. The first kappa shape index (κ1) is 33.2. The molecule has 44 heavy (non-hydrogen) atoms. The summed E-state index contributed by atoms with van der Waals surface area (Å²) in [6, 6.07) is 9.76. The molecule has 4 rings (SSSR count). The number of nitrogens with zero attached hydrogens (tertiary/aromatic N) is 4. The summed E-state index contributed by atoms with van der Waals surface area (Å²) < 4.78 is 36.3. The second-order valence-corrected chi connectivity index (χ2v) is 8.67. The molecule has 17 heteroatoms. The third-order valence-corrected chi connectivity index (χ3v) is 5.85. The third kappa shape index (κ3) is 8.17. The molecule has 0 bridgehead atoms. The van der Waals surface area contributed by atoms with Gasteiger partial charge in [-0.2, -0.15) is 19.9 Å². The predicted octanol–water partition coefficient (Wildman–Crippen LogP) is 5.28. The van der Waals surface area contributed by atoms with Crippen molar-refractivity contribution in [2.24, 2.45) is 0 Å². The number of methoxy groups -OCH3 is 5. The van der Waals surface area contributed by atoms with Crippen LogP contribution in [0.1, 0.15) is 20.7 Å². The zero-order chi connectivity index (χ0) is 32.4. The van der Waals surface area contributed by atoms with E-state index in [-0.39, 0.29) is 74.0 Å². The van der Waals surface area contributed by atoms with Crippen molar-refractivity contribution >= 4 is 35.1 Å². The number of hydrogen-bond acceptors (Lipinski definition) is 13. The zero-order valence-electron chi connectivity index (χ0n) is 23.7. The molecule has 2 heterocycles. The maximum absolute atomic E-state index is 12.0. The van der Waals surface area contributed by atoms with E-state index >= 15 is 0 Å². The number of hydrogen-bond donors (Lipinski definition) is 2. The third-order valence-electron chi connectivity index (χ3n) is 5.23. The highest BCUT2D eigenvalue weighted by Crippen LogP contribution is 2.35. The summed E-state index contributed by atoms with van der Waals surface area (Å²) in [5, 5.41) is 18.9. The van der Waals surface area contributed by atoms with Gasteiger partial charge in [-0.25, -0.2) is 9.59 Å². The molecular formula is C27H24Cl2N4O11. The van der Waals surface area contributed by atoms with Gasteiger partial charge in [-0.1, -0.05) is 29.3 Å². The molecular weight excluding hydrogens is 627 g/mol. The van der Waals surface area contributed by atoms with Crippen molar-refractivity contribution in [1.82, 2.24) is 19.9 Å². The highest BCUT2D eigenvalue weighted by molar-refractivity contribution is 6.36. The average molecular weight is 651 g/mol. The van der Waals surface area contributed by atoms with Crippen LogP contribution in [0.2, 0.25) is 10.0 Å². The number of benzene rings is 2. The molecule has 0 aliphatic carbocycles.